The lowest BCUT2D eigenvalue weighted by molar-refractivity contribution is 0.199. The summed E-state index contributed by atoms with van der Waals surface area (Å²) in [6.45, 7) is 8.49. The van der Waals surface area contributed by atoms with E-state index in [-0.39, 0.29) is 0 Å². The summed E-state index contributed by atoms with van der Waals surface area (Å²) >= 11 is 6.20. The predicted octanol–water partition coefficient (Wildman–Crippen LogP) is 1.70. The van der Waals surface area contributed by atoms with Gasteiger partial charge in [0.1, 0.15) is 5.02 Å². The van der Waals surface area contributed by atoms with Gasteiger partial charge in [-0.15, -0.1) is 0 Å². The third-order valence-electron chi connectivity index (χ3n) is 3.42. The summed E-state index contributed by atoms with van der Waals surface area (Å²) in [4.78, 5) is 13.3. The smallest absolute Gasteiger partial charge is 0.224 e. The molecule has 5 nitrogen and oxygen atoms in total. The third kappa shape index (κ3) is 2.67. The maximum absolute atomic E-state index is 6.20. The molecule has 0 amide bonds. The van der Waals surface area contributed by atoms with Crippen molar-refractivity contribution in [3.63, 3.8) is 0 Å². The van der Waals surface area contributed by atoms with Crippen LogP contribution in [0.1, 0.15) is 13.8 Å². The number of piperazine rings is 1. The monoisotopic (exact) mass is 269 g/mol. The van der Waals surface area contributed by atoms with E-state index in [0.717, 1.165) is 32.0 Å². The molecule has 1 N–H and O–H groups in total. The minimum absolute atomic E-state index is 0.521. The lowest BCUT2D eigenvalue weighted by Gasteiger charge is -2.40. The van der Waals surface area contributed by atoms with E-state index in [1.807, 2.05) is 7.05 Å². The second-order valence-electron chi connectivity index (χ2n) is 4.54. The molecular weight excluding hydrogens is 250 g/mol. The van der Waals surface area contributed by atoms with Crippen molar-refractivity contribution in [2.24, 2.45) is 0 Å². The van der Waals surface area contributed by atoms with Gasteiger partial charge in [0.25, 0.3) is 0 Å². The van der Waals surface area contributed by atoms with Crippen molar-refractivity contribution in [1.29, 1.82) is 0 Å². The van der Waals surface area contributed by atoms with E-state index in [1.54, 1.807) is 6.20 Å². The summed E-state index contributed by atoms with van der Waals surface area (Å²) in [6, 6.07) is 0.521. The van der Waals surface area contributed by atoms with Gasteiger partial charge in [0, 0.05) is 32.7 Å². The molecule has 1 unspecified atom stereocenters. The number of nitrogens with zero attached hydrogens (tertiary/aromatic N) is 4. The number of likely N-dealkylation sites (N-methyl/N-ethyl adjacent to an activating group) is 1. The molecule has 1 atom stereocenters. The average molecular weight is 270 g/mol. The number of anilines is 2. The van der Waals surface area contributed by atoms with Crippen LogP contribution in [0.4, 0.5) is 11.8 Å². The third-order valence-corrected chi connectivity index (χ3v) is 3.69. The molecule has 2 heterocycles. The van der Waals surface area contributed by atoms with Crippen LogP contribution in [-0.4, -0.2) is 54.1 Å². The standard InChI is InChI=1S/C12H20ClN5/c1-4-17-5-6-18(8-9(17)2)11-10(13)7-15-12(14-3)16-11/h7,9H,4-6,8H2,1-3H3,(H,14,15,16). The van der Waals surface area contributed by atoms with Crippen molar-refractivity contribution in [2.45, 2.75) is 19.9 Å². The Balaban J connectivity index is 2.17. The van der Waals surface area contributed by atoms with Gasteiger partial charge in [0.2, 0.25) is 5.95 Å². The summed E-state index contributed by atoms with van der Waals surface area (Å²) in [6.07, 6.45) is 1.66. The van der Waals surface area contributed by atoms with Crippen molar-refractivity contribution in [3.8, 4) is 0 Å². The zero-order valence-corrected chi connectivity index (χ0v) is 11.9. The van der Waals surface area contributed by atoms with E-state index in [0.29, 0.717) is 17.0 Å². The first-order chi connectivity index (χ1) is 8.65. The van der Waals surface area contributed by atoms with E-state index in [1.165, 1.54) is 0 Å². The topological polar surface area (TPSA) is 44.3 Å². The van der Waals surface area contributed by atoms with E-state index in [2.05, 4.69) is 38.9 Å². The van der Waals surface area contributed by atoms with Crippen LogP contribution in [-0.2, 0) is 0 Å². The fourth-order valence-corrected chi connectivity index (χ4v) is 2.57. The zero-order valence-electron chi connectivity index (χ0n) is 11.1. The number of halogens is 1. The lowest BCUT2D eigenvalue weighted by atomic mass is 10.2. The summed E-state index contributed by atoms with van der Waals surface area (Å²) in [5.41, 5.74) is 0. The molecule has 0 bridgehead atoms. The molecule has 0 radical (unpaired) electrons. The van der Waals surface area contributed by atoms with Gasteiger partial charge in [0.15, 0.2) is 5.82 Å². The molecule has 1 saturated heterocycles. The highest BCUT2D eigenvalue weighted by Gasteiger charge is 2.24. The fourth-order valence-electron chi connectivity index (χ4n) is 2.36. The molecule has 2 rings (SSSR count). The molecule has 1 aliphatic rings. The van der Waals surface area contributed by atoms with Crippen LogP contribution in [0.3, 0.4) is 0 Å². The Morgan fingerprint density at radius 2 is 2.28 bits per heavy atom. The molecule has 1 aliphatic heterocycles. The first-order valence-electron chi connectivity index (χ1n) is 6.35. The zero-order chi connectivity index (χ0) is 13.1. The van der Waals surface area contributed by atoms with Crippen LogP contribution in [0, 0.1) is 0 Å². The van der Waals surface area contributed by atoms with E-state index in [4.69, 9.17) is 11.6 Å². The summed E-state index contributed by atoms with van der Waals surface area (Å²) < 4.78 is 0. The molecule has 0 aliphatic carbocycles. The Hall–Kier alpha value is -1.07. The van der Waals surface area contributed by atoms with Crippen LogP contribution >= 0.6 is 11.6 Å². The van der Waals surface area contributed by atoms with Gasteiger partial charge in [0.05, 0.1) is 6.20 Å². The van der Waals surface area contributed by atoms with Crippen LogP contribution in [0.15, 0.2) is 6.20 Å². The molecule has 100 valence electrons. The highest BCUT2D eigenvalue weighted by atomic mass is 35.5. The van der Waals surface area contributed by atoms with Gasteiger partial charge in [-0.1, -0.05) is 18.5 Å². The highest BCUT2D eigenvalue weighted by Crippen LogP contribution is 2.25. The van der Waals surface area contributed by atoms with Crippen molar-refractivity contribution < 1.29 is 0 Å². The minimum atomic E-state index is 0.521. The van der Waals surface area contributed by atoms with E-state index < -0.39 is 0 Å². The lowest BCUT2D eigenvalue weighted by Crippen LogP contribution is -2.52. The first-order valence-corrected chi connectivity index (χ1v) is 6.72. The molecule has 1 aromatic rings. The van der Waals surface area contributed by atoms with Gasteiger partial charge in [-0.05, 0) is 13.5 Å². The number of rotatable bonds is 3. The average Bonchev–Trinajstić information content (AvgIpc) is 2.39. The number of hydrogen-bond acceptors (Lipinski definition) is 5. The van der Waals surface area contributed by atoms with Crippen molar-refractivity contribution >= 4 is 23.4 Å². The molecule has 1 aromatic heterocycles. The second kappa shape index (κ2) is 5.71. The second-order valence-corrected chi connectivity index (χ2v) is 4.95. The molecule has 0 saturated carbocycles. The SMILES string of the molecule is CCN1CCN(c2nc(NC)ncc2Cl)CC1C. The summed E-state index contributed by atoms with van der Waals surface area (Å²) in [5, 5.41) is 3.56. The van der Waals surface area contributed by atoms with E-state index in [9.17, 15) is 0 Å². The summed E-state index contributed by atoms with van der Waals surface area (Å²) in [5.74, 6) is 1.44. The Labute approximate surface area is 113 Å². The van der Waals surface area contributed by atoms with Crippen LogP contribution in [0.5, 0.6) is 0 Å². The number of aromatic nitrogens is 2. The number of nitrogens with one attached hydrogen (secondary N) is 1. The van der Waals surface area contributed by atoms with Crippen molar-refractivity contribution in [1.82, 2.24) is 14.9 Å². The molecule has 0 spiro atoms. The van der Waals surface area contributed by atoms with Gasteiger partial charge in [-0.3, -0.25) is 4.90 Å². The van der Waals surface area contributed by atoms with Gasteiger partial charge < -0.3 is 10.2 Å². The van der Waals surface area contributed by atoms with Gasteiger partial charge in [-0.2, -0.15) is 4.98 Å². The van der Waals surface area contributed by atoms with Crippen LogP contribution in [0.25, 0.3) is 0 Å². The molecule has 1 fully saturated rings. The van der Waals surface area contributed by atoms with Crippen molar-refractivity contribution in [3.05, 3.63) is 11.2 Å². The quantitative estimate of drug-likeness (QED) is 0.905. The molecular formula is C12H20ClN5. The van der Waals surface area contributed by atoms with Crippen LogP contribution in [0.2, 0.25) is 5.02 Å². The van der Waals surface area contributed by atoms with Crippen LogP contribution < -0.4 is 10.2 Å². The maximum atomic E-state index is 6.20. The normalized spacial score (nSPS) is 21.1. The van der Waals surface area contributed by atoms with E-state index >= 15 is 0 Å². The van der Waals surface area contributed by atoms with Gasteiger partial charge in [-0.25, -0.2) is 4.98 Å². The Kier molecular flexibility index (Phi) is 4.24. The Bertz CT molecular complexity index is 411. The summed E-state index contributed by atoms with van der Waals surface area (Å²) in [7, 11) is 1.81. The predicted molar refractivity (Wildman–Crippen MR) is 75.5 cm³/mol. The number of hydrogen-bond donors (Lipinski definition) is 1. The Morgan fingerprint density at radius 1 is 1.50 bits per heavy atom. The molecule has 0 aromatic carbocycles. The highest BCUT2D eigenvalue weighted by molar-refractivity contribution is 6.32. The first kappa shape index (κ1) is 13.4. The minimum Gasteiger partial charge on any atom is -0.357 e. The molecule has 18 heavy (non-hydrogen) atoms. The van der Waals surface area contributed by atoms with Crippen molar-refractivity contribution in [2.75, 3.05) is 43.4 Å². The Morgan fingerprint density at radius 3 is 2.89 bits per heavy atom. The fraction of sp³-hybridized carbons (Fsp3) is 0.667. The maximum Gasteiger partial charge on any atom is 0.224 e. The largest absolute Gasteiger partial charge is 0.357 e. The molecule has 6 heteroatoms. The van der Waals surface area contributed by atoms with Gasteiger partial charge >= 0.3 is 0 Å².